The molecule has 9 nitrogen and oxygen atoms in total. The highest BCUT2D eigenvalue weighted by Gasteiger charge is 2.16. The number of benzene rings is 1. The lowest BCUT2D eigenvalue weighted by molar-refractivity contribution is 0.0462. The van der Waals surface area contributed by atoms with Crippen LogP contribution in [0.15, 0.2) is 24.3 Å². The van der Waals surface area contributed by atoms with E-state index in [4.69, 9.17) is 25.7 Å². The molecular formula is C16H19N5O4. The molecule has 0 aliphatic carbocycles. The summed E-state index contributed by atoms with van der Waals surface area (Å²) in [7, 11) is 0. The second-order valence-corrected chi connectivity index (χ2v) is 5.51. The minimum absolute atomic E-state index is 0.0220. The smallest absolute Gasteiger partial charge is 0.338 e. The molecule has 0 unspecified atom stereocenters. The van der Waals surface area contributed by atoms with Gasteiger partial charge in [-0.15, -0.1) is 0 Å². The van der Waals surface area contributed by atoms with Crippen molar-refractivity contribution in [2.24, 2.45) is 0 Å². The van der Waals surface area contributed by atoms with Crippen LogP contribution in [-0.2, 0) is 16.1 Å². The molecule has 0 amide bonds. The Morgan fingerprint density at radius 3 is 2.52 bits per heavy atom. The highest BCUT2D eigenvalue weighted by atomic mass is 16.5. The first-order valence-corrected chi connectivity index (χ1v) is 7.87. The largest absolute Gasteiger partial charge is 0.491 e. The van der Waals surface area contributed by atoms with Crippen LogP contribution < -0.4 is 16.2 Å². The van der Waals surface area contributed by atoms with Crippen molar-refractivity contribution in [3.63, 3.8) is 0 Å². The number of rotatable bonds is 6. The van der Waals surface area contributed by atoms with E-state index in [9.17, 15) is 4.79 Å². The van der Waals surface area contributed by atoms with Crippen molar-refractivity contribution in [1.29, 1.82) is 0 Å². The first-order chi connectivity index (χ1) is 12.1. The van der Waals surface area contributed by atoms with E-state index in [2.05, 4.69) is 15.0 Å². The van der Waals surface area contributed by atoms with Crippen molar-refractivity contribution < 1.29 is 19.0 Å². The molecule has 1 aliphatic heterocycles. The molecule has 2 aromatic rings. The molecule has 0 bridgehead atoms. The number of anilines is 2. The SMILES string of the molecule is Nc1nc(N)nc(COC(=O)c2ccc(OC[C@H]3CCCO3)cc2)n1. The van der Waals surface area contributed by atoms with E-state index >= 15 is 0 Å². The number of hydrogen-bond donors (Lipinski definition) is 2. The lowest BCUT2D eigenvalue weighted by atomic mass is 10.2. The van der Waals surface area contributed by atoms with Crippen LogP contribution in [0.4, 0.5) is 11.9 Å². The number of esters is 1. The van der Waals surface area contributed by atoms with E-state index in [0.717, 1.165) is 19.4 Å². The zero-order chi connectivity index (χ0) is 17.6. The number of nitrogens with zero attached hydrogens (tertiary/aromatic N) is 3. The van der Waals surface area contributed by atoms with Crippen LogP contribution in [0.25, 0.3) is 0 Å². The summed E-state index contributed by atoms with van der Waals surface area (Å²) < 4.78 is 16.3. The van der Waals surface area contributed by atoms with Gasteiger partial charge in [-0.05, 0) is 37.1 Å². The predicted molar refractivity (Wildman–Crippen MR) is 88.7 cm³/mol. The van der Waals surface area contributed by atoms with Gasteiger partial charge in [-0.2, -0.15) is 15.0 Å². The Hall–Kier alpha value is -2.94. The third kappa shape index (κ3) is 4.77. The maximum absolute atomic E-state index is 12.0. The van der Waals surface area contributed by atoms with Gasteiger partial charge >= 0.3 is 5.97 Å². The molecule has 0 spiro atoms. The Kier molecular flexibility index (Phi) is 5.24. The number of aromatic nitrogens is 3. The van der Waals surface area contributed by atoms with Gasteiger partial charge in [0, 0.05) is 6.61 Å². The highest BCUT2D eigenvalue weighted by Crippen LogP contribution is 2.17. The Labute approximate surface area is 144 Å². The molecule has 2 heterocycles. The maximum atomic E-state index is 12.0. The van der Waals surface area contributed by atoms with Crippen LogP contribution in [0.5, 0.6) is 5.75 Å². The Morgan fingerprint density at radius 1 is 1.16 bits per heavy atom. The number of carbonyl (C=O) groups excluding carboxylic acids is 1. The summed E-state index contributed by atoms with van der Waals surface area (Å²) in [6.07, 6.45) is 2.22. The molecule has 3 rings (SSSR count). The first-order valence-electron chi connectivity index (χ1n) is 7.87. The lowest BCUT2D eigenvalue weighted by Crippen LogP contribution is -2.16. The summed E-state index contributed by atoms with van der Waals surface area (Å²) in [5, 5.41) is 0. The molecule has 1 aromatic carbocycles. The fourth-order valence-corrected chi connectivity index (χ4v) is 2.39. The molecule has 1 aromatic heterocycles. The Bertz CT molecular complexity index is 712. The normalized spacial score (nSPS) is 16.6. The third-order valence-corrected chi connectivity index (χ3v) is 3.60. The second-order valence-electron chi connectivity index (χ2n) is 5.51. The zero-order valence-corrected chi connectivity index (χ0v) is 13.6. The molecule has 25 heavy (non-hydrogen) atoms. The molecular weight excluding hydrogens is 326 g/mol. The summed E-state index contributed by atoms with van der Waals surface area (Å²) in [6, 6.07) is 6.68. The fourth-order valence-electron chi connectivity index (χ4n) is 2.39. The minimum atomic E-state index is -0.511. The average molecular weight is 345 g/mol. The molecule has 132 valence electrons. The van der Waals surface area contributed by atoms with E-state index in [1.54, 1.807) is 24.3 Å². The number of nitrogens with two attached hydrogens (primary N) is 2. The molecule has 1 aliphatic rings. The standard InChI is InChI=1S/C16H19N5O4/c17-15-19-13(20-16(18)21-15)9-25-14(22)10-3-5-11(6-4-10)24-8-12-2-1-7-23-12/h3-6,12H,1-2,7-9H2,(H4,17,18,19,20,21)/t12-/m1/s1. The van der Waals surface area contributed by atoms with Gasteiger partial charge in [0.25, 0.3) is 0 Å². The summed E-state index contributed by atoms with van der Waals surface area (Å²) in [6.45, 7) is 1.15. The monoisotopic (exact) mass is 345 g/mol. The second kappa shape index (κ2) is 7.75. The number of ether oxygens (including phenoxy) is 3. The zero-order valence-electron chi connectivity index (χ0n) is 13.6. The molecule has 9 heteroatoms. The lowest BCUT2D eigenvalue weighted by Gasteiger charge is -2.11. The quantitative estimate of drug-likeness (QED) is 0.733. The molecule has 0 saturated carbocycles. The maximum Gasteiger partial charge on any atom is 0.338 e. The summed E-state index contributed by atoms with van der Waals surface area (Å²) in [4.78, 5) is 23.4. The van der Waals surface area contributed by atoms with Crippen LogP contribution in [0.1, 0.15) is 29.0 Å². The molecule has 0 radical (unpaired) electrons. The minimum Gasteiger partial charge on any atom is -0.491 e. The van der Waals surface area contributed by atoms with Gasteiger partial charge in [-0.3, -0.25) is 0 Å². The van der Waals surface area contributed by atoms with Gasteiger partial charge in [-0.25, -0.2) is 4.79 Å². The molecule has 1 fully saturated rings. The van der Waals surface area contributed by atoms with Gasteiger partial charge in [0.15, 0.2) is 12.4 Å². The van der Waals surface area contributed by atoms with Crippen molar-refractivity contribution in [1.82, 2.24) is 15.0 Å². The predicted octanol–water partition coefficient (Wildman–Crippen LogP) is 0.951. The number of nitrogen functional groups attached to an aromatic ring is 2. The van der Waals surface area contributed by atoms with Crippen LogP contribution in [0.2, 0.25) is 0 Å². The van der Waals surface area contributed by atoms with E-state index in [1.165, 1.54) is 0 Å². The van der Waals surface area contributed by atoms with E-state index in [-0.39, 0.29) is 30.4 Å². The highest BCUT2D eigenvalue weighted by molar-refractivity contribution is 5.89. The first kappa shape index (κ1) is 16.9. The van der Waals surface area contributed by atoms with Gasteiger partial charge in [-0.1, -0.05) is 0 Å². The average Bonchev–Trinajstić information content (AvgIpc) is 3.11. The fraction of sp³-hybridized carbons (Fsp3) is 0.375. The van der Waals surface area contributed by atoms with Crippen LogP contribution in [0, 0.1) is 0 Å². The van der Waals surface area contributed by atoms with E-state index < -0.39 is 5.97 Å². The van der Waals surface area contributed by atoms with Crippen molar-refractivity contribution >= 4 is 17.9 Å². The summed E-state index contributed by atoms with van der Waals surface area (Å²) in [5.74, 6) is 0.306. The van der Waals surface area contributed by atoms with Crippen molar-refractivity contribution in [2.45, 2.75) is 25.6 Å². The van der Waals surface area contributed by atoms with Crippen molar-refractivity contribution in [3.05, 3.63) is 35.7 Å². The van der Waals surface area contributed by atoms with Crippen LogP contribution in [0.3, 0.4) is 0 Å². The van der Waals surface area contributed by atoms with Crippen LogP contribution >= 0.6 is 0 Å². The summed E-state index contributed by atoms with van der Waals surface area (Å²) >= 11 is 0. The number of carbonyl (C=O) groups is 1. The van der Waals surface area contributed by atoms with Gasteiger partial charge in [0.1, 0.15) is 12.4 Å². The Balaban J connectivity index is 1.51. The van der Waals surface area contributed by atoms with Crippen LogP contribution in [-0.4, -0.2) is 40.2 Å². The van der Waals surface area contributed by atoms with Gasteiger partial charge in [0.05, 0.1) is 11.7 Å². The molecule has 1 atom stereocenters. The third-order valence-electron chi connectivity index (χ3n) is 3.60. The van der Waals surface area contributed by atoms with Crippen molar-refractivity contribution in [3.8, 4) is 5.75 Å². The van der Waals surface area contributed by atoms with Crippen molar-refractivity contribution in [2.75, 3.05) is 24.7 Å². The molecule has 4 N–H and O–H groups in total. The Morgan fingerprint density at radius 2 is 1.88 bits per heavy atom. The molecule has 1 saturated heterocycles. The van der Waals surface area contributed by atoms with Gasteiger partial charge < -0.3 is 25.7 Å². The van der Waals surface area contributed by atoms with Gasteiger partial charge in [0.2, 0.25) is 11.9 Å². The topological polar surface area (TPSA) is 135 Å². The van der Waals surface area contributed by atoms with E-state index in [0.29, 0.717) is 17.9 Å². The van der Waals surface area contributed by atoms with E-state index in [1.807, 2.05) is 0 Å². The summed E-state index contributed by atoms with van der Waals surface area (Å²) in [5.41, 5.74) is 11.3. The number of hydrogen-bond acceptors (Lipinski definition) is 9.